The van der Waals surface area contributed by atoms with Crippen LogP contribution in [-0.2, 0) is 19.1 Å². The van der Waals surface area contributed by atoms with Crippen molar-refractivity contribution in [3.63, 3.8) is 0 Å². The Morgan fingerprint density at radius 3 is 2.16 bits per heavy atom. The van der Waals surface area contributed by atoms with Crippen LogP contribution < -0.4 is 0 Å². The molecule has 0 fully saturated rings. The van der Waals surface area contributed by atoms with E-state index in [0.717, 1.165) is 12.0 Å². The van der Waals surface area contributed by atoms with Crippen LogP contribution in [0, 0.1) is 17.8 Å². The van der Waals surface area contributed by atoms with Crippen LogP contribution >= 0.6 is 0 Å². The third-order valence-electron chi connectivity index (χ3n) is 2.86. The van der Waals surface area contributed by atoms with Gasteiger partial charge in [0.25, 0.3) is 0 Å². The van der Waals surface area contributed by atoms with Gasteiger partial charge in [0.15, 0.2) is 5.41 Å². The van der Waals surface area contributed by atoms with E-state index in [9.17, 15) is 9.59 Å². The molecule has 4 nitrogen and oxygen atoms in total. The van der Waals surface area contributed by atoms with Crippen LogP contribution in [-0.4, -0.2) is 26.2 Å². The van der Waals surface area contributed by atoms with Gasteiger partial charge in [0.1, 0.15) is 0 Å². The van der Waals surface area contributed by atoms with Gasteiger partial charge < -0.3 is 9.47 Å². The Morgan fingerprint density at radius 2 is 1.79 bits per heavy atom. The molecule has 0 unspecified atom stereocenters. The average molecular weight is 264 g/mol. The SMILES string of the molecule is C#CCCC(C=C=C(C)CC)(C(=O)OC)C(=O)OC. The Hall–Kier alpha value is -1.98. The van der Waals surface area contributed by atoms with Crippen molar-refractivity contribution in [3.8, 4) is 12.3 Å². The van der Waals surface area contributed by atoms with Crippen molar-refractivity contribution in [2.24, 2.45) is 5.41 Å². The molecule has 0 aliphatic carbocycles. The van der Waals surface area contributed by atoms with Crippen molar-refractivity contribution in [2.45, 2.75) is 33.1 Å². The largest absolute Gasteiger partial charge is 0.468 e. The molecule has 0 aromatic carbocycles. The normalized spacial score (nSPS) is 9.84. The molecule has 0 aliphatic heterocycles. The lowest BCUT2D eigenvalue weighted by atomic mass is 9.83. The number of hydrogen-bond acceptors (Lipinski definition) is 4. The molecule has 4 heteroatoms. The highest BCUT2D eigenvalue weighted by Crippen LogP contribution is 2.29. The predicted molar refractivity (Wildman–Crippen MR) is 72.1 cm³/mol. The van der Waals surface area contributed by atoms with Crippen molar-refractivity contribution >= 4 is 11.9 Å². The van der Waals surface area contributed by atoms with Crippen molar-refractivity contribution in [1.29, 1.82) is 0 Å². The quantitative estimate of drug-likeness (QED) is 0.319. The number of methoxy groups -OCH3 is 2. The van der Waals surface area contributed by atoms with Gasteiger partial charge in [-0.3, -0.25) is 9.59 Å². The summed E-state index contributed by atoms with van der Waals surface area (Å²) in [5.41, 5.74) is 2.33. The highest BCUT2D eigenvalue weighted by molar-refractivity contribution is 6.02. The number of ether oxygens (including phenoxy) is 2. The van der Waals surface area contributed by atoms with Gasteiger partial charge in [-0.2, -0.15) is 0 Å². The van der Waals surface area contributed by atoms with Gasteiger partial charge in [-0.15, -0.1) is 18.1 Å². The summed E-state index contributed by atoms with van der Waals surface area (Å²) >= 11 is 0. The second-order valence-corrected chi connectivity index (χ2v) is 4.08. The lowest BCUT2D eigenvalue weighted by molar-refractivity contribution is -0.165. The third-order valence-corrected chi connectivity index (χ3v) is 2.86. The van der Waals surface area contributed by atoms with Gasteiger partial charge in [0.2, 0.25) is 0 Å². The van der Waals surface area contributed by atoms with Gasteiger partial charge in [-0.1, -0.05) is 6.92 Å². The zero-order chi connectivity index (χ0) is 14.9. The maximum atomic E-state index is 12.0. The maximum Gasteiger partial charge on any atom is 0.327 e. The van der Waals surface area contributed by atoms with Crippen LogP contribution in [0.4, 0.5) is 0 Å². The molecule has 0 saturated heterocycles. The second-order valence-electron chi connectivity index (χ2n) is 4.08. The molecule has 0 rings (SSSR count). The molecule has 0 aromatic rings. The first-order valence-electron chi connectivity index (χ1n) is 6.02. The van der Waals surface area contributed by atoms with Gasteiger partial charge in [0, 0.05) is 6.42 Å². The second kappa shape index (κ2) is 8.18. The molecular weight excluding hydrogens is 244 g/mol. The summed E-state index contributed by atoms with van der Waals surface area (Å²) in [6.07, 6.45) is 7.77. The van der Waals surface area contributed by atoms with Crippen LogP contribution in [0.5, 0.6) is 0 Å². The number of esters is 2. The van der Waals surface area contributed by atoms with Crippen LogP contribution in [0.3, 0.4) is 0 Å². The minimum absolute atomic E-state index is 0.132. The lowest BCUT2D eigenvalue weighted by Gasteiger charge is -2.23. The Bertz CT molecular complexity index is 418. The number of terminal acetylenes is 1. The molecule has 0 aliphatic rings. The summed E-state index contributed by atoms with van der Waals surface area (Å²) in [7, 11) is 2.44. The van der Waals surface area contributed by atoms with Crippen molar-refractivity contribution in [3.05, 3.63) is 17.4 Å². The Kier molecular flexibility index (Phi) is 7.33. The maximum absolute atomic E-state index is 12.0. The molecule has 104 valence electrons. The third kappa shape index (κ3) is 4.31. The highest BCUT2D eigenvalue weighted by Gasteiger charge is 2.45. The van der Waals surface area contributed by atoms with Crippen LogP contribution in [0.15, 0.2) is 17.4 Å². The molecule has 0 aromatic heterocycles. The van der Waals surface area contributed by atoms with E-state index in [0.29, 0.717) is 0 Å². The van der Waals surface area contributed by atoms with Crippen LogP contribution in [0.1, 0.15) is 33.1 Å². The molecule has 19 heavy (non-hydrogen) atoms. The van der Waals surface area contributed by atoms with E-state index < -0.39 is 17.4 Å². The first-order valence-corrected chi connectivity index (χ1v) is 6.02. The zero-order valence-corrected chi connectivity index (χ0v) is 11.9. The van der Waals surface area contributed by atoms with Crippen molar-refractivity contribution in [1.82, 2.24) is 0 Å². The summed E-state index contributed by atoms with van der Waals surface area (Å²) in [6.45, 7) is 3.81. The first kappa shape index (κ1) is 17.0. The van der Waals surface area contributed by atoms with Gasteiger partial charge in [0.05, 0.1) is 14.2 Å². The first-order chi connectivity index (χ1) is 8.98. The highest BCUT2D eigenvalue weighted by atomic mass is 16.5. The van der Waals surface area contributed by atoms with E-state index in [1.807, 2.05) is 13.8 Å². The van der Waals surface area contributed by atoms with E-state index in [2.05, 4.69) is 11.7 Å². The van der Waals surface area contributed by atoms with E-state index in [-0.39, 0.29) is 12.8 Å². The Morgan fingerprint density at radius 1 is 1.26 bits per heavy atom. The summed E-state index contributed by atoms with van der Waals surface area (Å²) < 4.78 is 9.43. The average Bonchev–Trinajstić information content (AvgIpc) is 2.45. The van der Waals surface area contributed by atoms with Crippen LogP contribution in [0.2, 0.25) is 0 Å². The molecule has 0 atom stereocenters. The summed E-state index contributed by atoms with van der Waals surface area (Å²) in [6, 6.07) is 0. The number of carbonyl (C=O) groups excluding carboxylic acids is 2. The minimum atomic E-state index is -1.52. The molecule has 0 N–H and O–H groups in total. The fraction of sp³-hybridized carbons (Fsp3) is 0.533. The summed E-state index contributed by atoms with van der Waals surface area (Å²) in [5.74, 6) is 1.03. The monoisotopic (exact) mass is 264 g/mol. The van der Waals surface area contributed by atoms with E-state index in [1.165, 1.54) is 20.3 Å². The Labute approximate surface area is 114 Å². The van der Waals surface area contributed by atoms with E-state index in [4.69, 9.17) is 15.9 Å². The fourth-order valence-corrected chi connectivity index (χ4v) is 1.46. The number of carbonyl (C=O) groups is 2. The minimum Gasteiger partial charge on any atom is -0.468 e. The van der Waals surface area contributed by atoms with E-state index in [1.54, 1.807) is 0 Å². The van der Waals surface area contributed by atoms with Crippen molar-refractivity contribution in [2.75, 3.05) is 14.2 Å². The molecule has 0 radical (unpaired) electrons. The van der Waals surface area contributed by atoms with E-state index >= 15 is 0 Å². The van der Waals surface area contributed by atoms with Gasteiger partial charge in [-0.25, -0.2) is 0 Å². The predicted octanol–water partition coefficient (Wildman–Crippen LogP) is 2.24. The Balaban J connectivity index is 5.76. The standard InChI is InChI=1S/C15H20O4/c1-6-8-10-15(13(16)18-4,14(17)19-5)11-9-12(3)7-2/h1,11H,7-8,10H2,2-5H3. The molecular formula is C15H20O4. The van der Waals surface area contributed by atoms with Gasteiger partial charge >= 0.3 is 11.9 Å². The van der Waals surface area contributed by atoms with Crippen molar-refractivity contribution < 1.29 is 19.1 Å². The topological polar surface area (TPSA) is 52.6 Å². The molecule has 0 bridgehead atoms. The fourth-order valence-electron chi connectivity index (χ4n) is 1.46. The van der Waals surface area contributed by atoms with Gasteiger partial charge in [-0.05, 0) is 31.4 Å². The zero-order valence-electron chi connectivity index (χ0n) is 11.9. The lowest BCUT2D eigenvalue weighted by Crippen LogP contribution is -2.39. The smallest absolute Gasteiger partial charge is 0.327 e. The molecule has 0 heterocycles. The number of rotatable bonds is 6. The summed E-state index contributed by atoms with van der Waals surface area (Å²) in [4.78, 5) is 23.9. The molecule has 0 saturated carbocycles. The van der Waals surface area contributed by atoms with Crippen LogP contribution in [0.25, 0.3) is 0 Å². The molecule has 0 spiro atoms. The molecule has 0 amide bonds. The number of hydrogen-bond donors (Lipinski definition) is 0. The summed E-state index contributed by atoms with van der Waals surface area (Å²) in [5, 5.41) is 0.